The Morgan fingerprint density at radius 2 is 1.70 bits per heavy atom. The van der Waals surface area contributed by atoms with E-state index in [9.17, 15) is 9.59 Å². The molecule has 9 heteroatoms. The zero-order valence-electron chi connectivity index (χ0n) is 26.2. The third-order valence-electron chi connectivity index (χ3n) is 7.48. The van der Waals surface area contributed by atoms with Crippen molar-refractivity contribution < 1.29 is 19.1 Å². The van der Waals surface area contributed by atoms with E-state index in [2.05, 4.69) is 16.9 Å². The predicted molar refractivity (Wildman–Crippen MR) is 169 cm³/mol. The number of amides is 1. The minimum Gasteiger partial charge on any atom is -0.381 e. The Morgan fingerprint density at radius 1 is 1.09 bits per heavy atom. The fourth-order valence-corrected chi connectivity index (χ4v) is 4.67. The highest BCUT2D eigenvalue weighted by molar-refractivity contribution is 5.84. The first-order valence-corrected chi connectivity index (χ1v) is 14.7. The second-order valence-electron chi connectivity index (χ2n) is 11.5. The molecule has 0 bridgehead atoms. The van der Waals surface area contributed by atoms with Crippen LogP contribution >= 0.6 is 0 Å². The Balaban J connectivity index is 0.000000238. The van der Waals surface area contributed by atoms with Gasteiger partial charge in [0.1, 0.15) is 12.1 Å². The molecule has 2 heterocycles. The highest BCUT2D eigenvalue weighted by Crippen LogP contribution is 2.24. The van der Waals surface area contributed by atoms with E-state index < -0.39 is 11.6 Å². The summed E-state index contributed by atoms with van der Waals surface area (Å²) in [7, 11) is 1.74. The number of rotatable bonds is 12. The zero-order valence-corrected chi connectivity index (χ0v) is 26.2. The number of piperidine rings is 1. The molecule has 0 radical (unpaired) electrons. The highest BCUT2D eigenvalue weighted by Gasteiger charge is 2.30. The number of nitrogens with zero attached hydrogens (tertiary/aromatic N) is 3. The van der Waals surface area contributed by atoms with Gasteiger partial charge in [0.2, 0.25) is 5.91 Å². The lowest BCUT2D eigenvalue weighted by Gasteiger charge is -2.34. The molecule has 9 nitrogen and oxygen atoms in total. The van der Waals surface area contributed by atoms with E-state index in [1.54, 1.807) is 13.4 Å². The molecule has 2 aromatic carbocycles. The number of likely N-dealkylation sites (tertiary alicyclic amines) is 1. The fraction of sp³-hybridized carbons (Fsp3) is 0.441. The van der Waals surface area contributed by atoms with Gasteiger partial charge in [-0.1, -0.05) is 67.2 Å². The van der Waals surface area contributed by atoms with Crippen molar-refractivity contribution >= 4 is 11.7 Å². The van der Waals surface area contributed by atoms with E-state index in [-0.39, 0.29) is 23.8 Å². The molecule has 1 fully saturated rings. The fourth-order valence-electron chi connectivity index (χ4n) is 4.67. The molecule has 3 N–H and O–H groups in total. The van der Waals surface area contributed by atoms with Gasteiger partial charge in [0.05, 0.1) is 31.3 Å². The zero-order chi connectivity index (χ0) is 31.4. The first-order valence-electron chi connectivity index (χ1n) is 14.7. The van der Waals surface area contributed by atoms with Gasteiger partial charge in [-0.2, -0.15) is 0 Å². The predicted octanol–water partition coefficient (Wildman–Crippen LogP) is 4.42. The number of hydrogen-bond donors (Lipinski definition) is 2. The Labute approximate surface area is 256 Å². The topological polar surface area (TPSA) is 112 Å². The molecule has 1 amide bonds. The standard InChI is InChI=1S/C18H23N3O2.C16H24N2O2/c1-14-12-21(13-19-14)17(15-6-4-3-5-7-15)18(22)20-10-8-16(23-2)9-11-20;1-12(19)15(18-13(2)16(3,4)17)11-20-10-14-8-6-5-7-9-14/h3-7,12-13,16-17H,8-11H2,1-2H3;5-9,15,18H,2,10-11,17H2,1,3-4H3. The first-order chi connectivity index (χ1) is 20.5. The van der Waals surface area contributed by atoms with Gasteiger partial charge in [0.25, 0.3) is 0 Å². The SMILES string of the molecule is C=C(NC(COCc1ccccc1)C(C)=O)C(C)(C)N.COC1CCN(C(=O)C(c2ccccc2)n2cnc(C)c2)CC1. The highest BCUT2D eigenvalue weighted by atomic mass is 16.5. The summed E-state index contributed by atoms with van der Waals surface area (Å²) >= 11 is 0. The summed E-state index contributed by atoms with van der Waals surface area (Å²) in [5, 5.41) is 3.05. The second kappa shape index (κ2) is 16.2. The van der Waals surface area contributed by atoms with Gasteiger partial charge in [-0.05, 0) is 51.7 Å². The molecule has 1 aliphatic heterocycles. The summed E-state index contributed by atoms with van der Waals surface area (Å²) in [6, 6.07) is 19.0. The summed E-state index contributed by atoms with van der Waals surface area (Å²) in [5.74, 6) is 0.131. The molecule has 1 saturated heterocycles. The first kappa shape index (κ1) is 33.7. The number of benzene rings is 2. The van der Waals surface area contributed by atoms with E-state index in [4.69, 9.17) is 15.2 Å². The Morgan fingerprint density at radius 3 is 2.21 bits per heavy atom. The molecular formula is C34H47N5O4. The number of carbonyl (C=O) groups excluding carboxylic acids is 2. The lowest BCUT2D eigenvalue weighted by atomic mass is 10.0. The lowest BCUT2D eigenvalue weighted by Crippen LogP contribution is -2.47. The average Bonchev–Trinajstić information content (AvgIpc) is 3.42. The molecule has 1 aromatic heterocycles. The number of carbonyl (C=O) groups is 2. The maximum absolute atomic E-state index is 13.1. The molecule has 43 heavy (non-hydrogen) atoms. The molecule has 4 rings (SSSR count). The van der Waals surface area contributed by atoms with Crippen LogP contribution in [0.5, 0.6) is 0 Å². The molecule has 1 aliphatic rings. The maximum Gasteiger partial charge on any atom is 0.250 e. The van der Waals surface area contributed by atoms with Crippen molar-refractivity contribution in [1.29, 1.82) is 0 Å². The number of hydrogen-bond acceptors (Lipinski definition) is 7. The molecular weight excluding hydrogens is 542 g/mol. The Kier molecular flexibility index (Phi) is 12.7. The van der Waals surface area contributed by atoms with Crippen molar-refractivity contribution in [1.82, 2.24) is 19.8 Å². The summed E-state index contributed by atoms with van der Waals surface area (Å²) in [5.41, 5.74) is 8.96. The molecule has 2 atom stereocenters. The summed E-state index contributed by atoms with van der Waals surface area (Å²) in [6.45, 7) is 13.3. The molecule has 0 spiro atoms. The second-order valence-corrected chi connectivity index (χ2v) is 11.5. The summed E-state index contributed by atoms with van der Waals surface area (Å²) < 4.78 is 12.9. The maximum atomic E-state index is 13.1. The lowest BCUT2D eigenvalue weighted by molar-refractivity contribution is -0.136. The number of aryl methyl sites for hydroxylation is 1. The molecule has 3 aromatic rings. The third kappa shape index (κ3) is 10.5. The minimum absolute atomic E-state index is 0.00321. The number of Topliss-reactive ketones (excluding diaryl/α,β-unsaturated/α-hetero) is 1. The van der Waals surface area contributed by atoms with E-state index in [1.807, 2.05) is 97.1 Å². The Hall–Kier alpha value is -3.79. The Bertz CT molecular complexity index is 1300. The van der Waals surface area contributed by atoms with Crippen LogP contribution in [0.15, 0.2) is 85.5 Å². The van der Waals surface area contributed by atoms with Gasteiger partial charge in [-0.3, -0.25) is 9.59 Å². The summed E-state index contributed by atoms with van der Waals surface area (Å²) in [4.78, 5) is 31.0. The number of nitrogens with two attached hydrogens (primary N) is 1. The van der Waals surface area contributed by atoms with Crippen molar-refractivity contribution in [2.75, 3.05) is 26.8 Å². The van der Waals surface area contributed by atoms with Crippen LogP contribution in [0.25, 0.3) is 0 Å². The number of ketones is 1. The summed E-state index contributed by atoms with van der Waals surface area (Å²) in [6.07, 6.45) is 5.73. The normalized spacial score (nSPS) is 15.2. The van der Waals surface area contributed by atoms with Gasteiger partial charge in [-0.25, -0.2) is 4.98 Å². The monoisotopic (exact) mass is 589 g/mol. The quantitative estimate of drug-likeness (QED) is 0.322. The largest absolute Gasteiger partial charge is 0.381 e. The van der Waals surface area contributed by atoms with Gasteiger partial charge in [0.15, 0.2) is 5.78 Å². The van der Waals surface area contributed by atoms with Gasteiger partial charge >= 0.3 is 0 Å². The van der Waals surface area contributed by atoms with Crippen molar-refractivity contribution in [3.63, 3.8) is 0 Å². The van der Waals surface area contributed by atoms with Gasteiger partial charge in [-0.15, -0.1) is 0 Å². The van der Waals surface area contributed by atoms with Crippen molar-refractivity contribution in [2.45, 2.75) is 70.9 Å². The van der Waals surface area contributed by atoms with E-state index in [0.29, 0.717) is 18.9 Å². The van der Waals surface area contributed by atoms with Crippen LogP contribution in [0.1, 0.15) is 56.5 Å². The number of methoxy groups -OCH3 is 1. The number of nitrogens with one attached hydrogen (secondary N) is 1. The number of imidazole rings is 1. The van der Waals surface area contributed by atoms with E-state index in [0.717, 1.165) is 42.8 Å². The molecule has 0 aliphatic carbocycles. The van der Waals surface area contributed by atoms with E-state index >= 15 is 0 Å². The van der Waals surface area contributed by atoms with Crippen molar-refractivity contribution in [3.05, 3.63) is 102 Å². The van der Waals surface area contributed by atoms with Crippen LogP contribution in [0, 0.1) is 6.92 Å². The van der Waals surface area contributed by atoms with Gasteiger partial charge < -0.3 is 30.0 Å². The number of aromatic nitrogens is 2. The molecule has 232 valence electrons. The van der Waals surface area contributed by atoms with E-state index in [1.165, 1.54) is 6.92 Å². The van der Waals surface area contributed by atoms with Crippen LogP contribution in [-0.2, 0) is 25.7 Å². The minimum atomic E-state index is -0.576. The average molecular weight is 590 g/mol. The third-order valence-corrected chi connectivity index (χ3v) is 7.48. The van der Waals surface area contributed by atoms with Crippen LogP contribution in [-0.4, -0.2) is 70.6 Å². The van der Waals surface area contributed by atoms with Crippen LogP contribution < -0.4 is 11.1 Å². The van der Waals surface area contributed by atoms with Crippen LogP contribution in [0.3, 0.4) is 0 Å². The number of ether oxygens (including phenoxy) is 2. The molecule has 2 unspecified atom stereocenters. The molecule has 0 saturated carbocycles. The van der Waals surface area contributed by atoms with Crippen molar-refractivity contribution in [2.24, 2.45) is 5.73 Å². The van der Waals surface area contributed by atoms with Crippen LogP contribution in [0.2, 0.25) is 0 Å². The smallest absolute Gasteiger partial charge is 0.250 e. The van der Waals surface area contributed by atoms with Gasteiger partial charge in [0, 0.05) is 37.6 Å². The van der Waals surface area contributed by atoms with Crippen molar-refractivity contribution in [3.8, 4) is 0 Å². The van der Waals surface area contributed by atoms with Crippen LogP contribution in [0.4, 0.5) is 0 Å².